The number of methoxy groups -OCH3 is 3. The highest BCUT2D eigenvalue weighted by atomic mass is 32.2. The molecule has 4 heterocycles. The summed E-state index contributed by atoms with van der Waals surface area (Å²) in [5.41, 5.74) is 5.52. The smallest absolute Gasteiger partial charge is 0.407 e. The van der Waals surface area contributed by atoms with Gasteiger partial charge in [-0.2, -0.15) is 13.2 Å². The Morgan fingerprint density at radius 1 is 0.729 bits per heavy atom. The first kappa shape index (κ1) is 48.2. The minimum absolute atomic E-state index is 0.0371. The van der Waals surface area contributed by atoms with Crippen LogP contribution in [0.3, 0.4) is 0 Å². The first-order chi connectivity index (χ1) is 33.6. The van der Waals surface area contributed by atoms with Gasteiger partial charge in [-0.25, -0.2) is 19.6 Å². The van der Waals surface area contributed by atoms with Crippen LogP contribution in [0.25, 0.3) is 54.7 Å². The van der Waals surface area contributed by atoms with Crippen LogP contribution in [0.15, 0.2) is 91.0 Å². The highest BCUT2D eigenvalue weighted by Crippen LogP contribution is 2.42. The molecule has 0 aliphatic carbocycles. The number of hydrogen-bond donors (Lipinski definition) is 4. The Labute approximate surface area is 405 Å². The topological polar surface area (TPSA) is 184 Å². The number of imidazole rings is 2. The van der Waals surface area contributed by atoms with Gasteiger partial charge in [0.1, 0.15) is 23.7 Å². The molecule has 1 unspecified atom stereocenters. The molecule has 4 N–H and O–H groups in total. The van der Waals surface area contributed by atoms with Crippen LogP contribution in [0, 0.1) is 11.8 Å². The largest absolute Gasteiger partial charge is 0.453 e. The van der Waals surface area contributed by atoms with Crippen molar-refractivity contribution in [3.63, 3.8) is 0 Å². The highest BCUT2D eigenvalue weighted by molar-refractivity contribution is 8.00. The van der Waals surface area contributed by atoms with E-state index in [9.17, 15) is 32.3 Å². The Morgan fingerprint density at radius 3 is 1.83 bits per heavy atom. The van der Waals surface area contributed by atoms with E-state index in [4.69, 9.17) is 24.2 Å². The van der Waals surface area contributed by atoms with Crippen LogP contribution in [0.5, 0.6) is 0 Å². The molecule has 0 spiro atoms. The molecule has 2 aliphatic heterocycles. The summed E-state index contributed by atoms with van der Waals surface area (Å²) >= 11 is 0.762. The Bertz CT molecular complexity index is 3090. The summed E-state index contributed by atoms with van der Waals surface area (Å²) in [5, 5.41) is 8.55. The van der Waals surface area contributed by atoms with E-state index in [0.717, 1.165) is 61.0 Å². The van der Waals surface area contributed by atoms with E-state index in [2.05, 4.69) is 44.9 Å². The molecule has 9 rings (SSSR count). The number of carbonyl (C=O) groups is 4. The molecule has 5 aromatic carbocycles. The number of benzene rings is 5. The van der Waals surface area contributed by atoms with Gasteiger partial charge in [0.05, 0.1) is 60.7 Å². The second kappa shape index (κ2) is 19.9. The van der Waals surface area contributed by atoms with Crippen molar-refractivity contribution >= 4 is 79.4 Å². The molecule has 19 heteroatoms. The lowest BCUT2D eigenvalue weighted by atomic mass is 9.98. The fraction of sp³-hybridized carbons (Fsp3) is 0.373. The number of amides is 4. The lowest BCUT2D eigenvalue weighted by molar-refractivity contribution is -0.136. The molecule has 7 aromatic rings. The number of fused-ring (bicyclic) bond motifs is 6. The number of hydrogen-bond acceptors (Lipinski definition) is 10. The predicted molar refractivity (Wildman–Crippen MR) is 261 cm³/mol. The van der Waals surface area contributed by atoms with E-state index in [0.29, 0.717) is 42.3 Å². The van der Waals surface area contributed by atoms with Gasteiger partial charge in [-0.3, -0.25) is 9.59 Å². The molecule has 15 nitrogen and oxygen atoms in total. The molecule has 0 radical (unpaired) electrons. The average molecular weight is 979 g/mol. The minimum atomic E-state index is -4.37. The number of aromatic amines is 2. The zero-order valence-corrected chi connectivity index (χ0v) is 39.9. The number of nitrogens with one attached hydrogen (secondary N) is 4. The standard InChI is InChI=1S/C51H53F3N8O7S/c1-27(2)41(59-49(65)68-4)47(63)62-24-34(70-26-51(52,53)54)22-40(62)46-56-38-18-14-33-21-31(12-16-36(33)44(38)58-46)30-11-15-35-32(20-30)13-17-37-43(35)57-45(55-37)39-19-28(25-67-3)23-61(39)48(64)42(60-50(66)69-5)29-9-7-6-8-10-29/h6-18,20-21,27-28,34,39-42H,19,22-26H2,1-5H3,(H,55,57)(H,56,58)(H,59,65)(H,60,66)/t28-,34-,39-,40-,41?,42+/m0/s1. The second-order valence-electron chi connectivity index (χ2n) is 18.2. The van der Waals surface area contributed by atoms with Gasteiger partial charge in [0.15, 0.2) is 0 Å². The third-order valence-corrected chi connectivity index (χ3v) is 14.6. The van der Waals surface area contributed by atoms with Crippen LogP contribution in [0.1, 0.15) is 62.0 Å². The van der Waals surface area contributed by atoms with Gasteiger partial charge in [-0.05, 0) is 70.5 Å². The molecule has 0 bridgehead atoms. The minimum Gasteiger partial charge on any atom is -0.453 e. The van der Waals surface area contributed by atoms with Gasteiger partial charge < -0.3 is 44.6 Å². The average Bonchev–Trinajstić information content (AvgIpc) is 4.18. The van der Waals surface area contributed by atoms with Crippen molar-refractivity contribution in [3.05, 3.63) is 108 Å². The summed E-state index contributed by atoms with van der Waals surface area (Å²) in [6, 6.07) is 26.2. The summed E-state index contributed by atoms with van der Waals surface area (Å²) in [7, 11) is 4.10. The summed E-state index contributed by atoms with van der Waals surface area (Å²) in [4.78, 5) is 73.4. The van der Waals surface area contributed by atoms with Crippen molar-refractivity contribution in [2.24, 2.45) is 11.8 Å². The van der Waals surface area contributed by atoms with Crippen molar-refractivity contribution in [2.45, 2.75) is 62.3 Å². The van der Waals surface area contributed by atoms with Crippen LogP contribution < -0.4 is 10.6 Å². The molecule has 366 valence electrons. The molecule has 2 fully saturated rings. The van der Waals surface area contributed by atoms with Gasteiger partial charge >= 0.3 is 18.4 Å². The third kappa shape index (κ3) is 9.81. The maximum atomic E-state index is 14.4. The molecular formula is C51H53F3N8O7S. The number of carbonyl (C=O) groups excluding carboxylic acids is 4. The number of aromatic nitrogens is 4. The number of alkyl halides is 3. The van der Waals surface area contributed by atoms with E-state index >= 15 is 0 Å². The van der Waals surface area contributed by atoms with Gasteiger partial charge in [0, 0.05) is 42.1 Å². The molecule has 6 atom stereocenters. The van der Waals surface area contributed by atoms with Crippen molar-refractivity contribution in [1.82, 2.24) is 40.4 Å². The number of nitrogens with zero attached hydrogens (tertiary/aromatic N) is 4. The Hall–Kier alpha value is -6.86. The Morgan fingerprint density at radius 2 is 1.29 bits per heavy atom. The first-order valence-corrected chi connectivity index (χ1v) is 24.0. The number of ether oxygens (including phenoxy) is 3. The number of alkyl carbamates (subject to hydrolysis) is 2. The van der Waals surface area contributed by atoms with E-state index in [1.165, 1.54) is 19.1 Å². The fourth-order valence-corrected chi connectivity index (χ4v) is 10.9. The van der Waals surface area contributed by atoms with Crippen LogP contribution in [-0.2, 0) is 23.8 Å². The highest BCUT2D eigenvalue weighted by Gasteiger charge is 2.44. The fourth-order valence-electron chi connectivity index (χ4n) is 9.90. The summed E-state index contributed by atoms with van der Waals surface area (Å²) < 4.78 is 55.2. The molecule has 2 aromatic heterocycles. The summed E-state index contributed by atoms with van der Waals surface area (Å²) in [5.74, 6) is -0.962. The van der Waals surface area contributed by atoms with Crippen LogP contribution in [0.2, 0.25) is 0 Å². The van der Waals surface area contributed by atoms with E-state index < -0.39 is 59.4 Å². The van der Waals surface area contributed by atoms with Gasteiger partial charge in [-0.15, -0.1) is 11.8 Å². The number of rotatable bonds is 13. The molecule has 70 heavy (non-hydrogen) atoms. The number of halogens is 3. The normalized spacial score (nSPS) is 19.3. The van der Waals surface area contributed by atoms with Crippen LogP contribution in [-0.4, -0.2) is 118 Å². The maximum Gasteiger partial charge on any atom is 0.407 e. The van der Waals surface area contributed by atoms with Crippen LogP contribution in [0.4, 0.5) is 22.8 Å². The van der Waals surface area contributed by atoms with Crippen molar-refractivity contribution < 1.29 is 46.6 Å². The lowest BCUT2D eigenvalue weighted by Crippen LogP contribution is -2.51. The summed E-state index contributed by atoms with van der Waals surface area (Å²) in [6.45, 7) is 4.47. The second-order valence-corrected chi connectivity index (χ2v) is 19.5. The maximum absolute atomic E-state index is 14.4. The molecule has 4 amide bonds. The Balaban J connectivity index is 0.996. The third-order valence-electron chi connectivity index (χ3n) is 13.3. The number of thioether (sulfide) groups is 1. The zero-order valence-electron chi connectivity index (χ0n) is 39.1. The first-order valence-electron chi connectivity index (χ1n) is 23.0. The van der Waals surface area contributed by atoms with Gasteiger partial charge in [0.25, 0.3) is 5.91 Å². The van der Waals surface area contributed by atoms with Gasteiger partial charge in [0.2, 0.25) is 5.91 Å². The van der Waals surface area contributed by atoms with Crippen molar-refractivity contribution in [1.29, 1.82) is 0 Å². The monoisotopic (exact) mass is 978 g/mol. The van der Waals surface area contributed by atoms with Crippen molar-refractivity contribution in [2.75, 3.05) is 46.8 Å². The van der Waals surface area contributed by atoms with Gasteiger partial charge in [-0.1, -0.05) is 80.6 Å². The Kier molecular flexibility index (Phi) is 13.7. The van der Waals surface area contributed by atoms with E-state index in [1.54, 1.807) is 38.0 Å². The van der Waals surface area contributed by atoms with E-state index in [1.807, 2.05) is 54.6 Å². The number of likely N-dealkylation sites (tertiary alicyclic amines) is 2. The molecule has 2 aliphatic rings. The predicted octanol–water partition coefficient (Wildman–Crippen LogP) is 9.36. The zero-order chi connectivity index (χ0) is 49.4. The SMILES string of the molecule is COC[C@H]1C[C@@H](c2nc3ccc4cc(-c5ccc6c(ccc7nc([C@@H]8C[C@H](SCC(F)(F)F)CN8C(=O)C(NC(=O)OC)C(C)C)[nH]c76)c5)ccc4c3[nH]2)N(C(=O)[C@H](NC(=O)OC)c2ccccc2)C1. The van der Waals surface area contributed by atoms with Crippen molar-refractivity contribution in [3.8, 4) is 11.1 Å². The number of H-pyrrole nitrogens is 2. The lowest BCUT2D eigenvalue weighted by Gasteiger charge is -2.30. The van der Waals surface area contributed by atoms with E-state index in [-0.39, 0.29) is 30.7 Å². The molecule has 0 saturated carbocycles. The summed E-state index contributed by atoms with van der Waals surface area (Å²) in [6.07, 6.45) is -5.02. The quantitative estimate of drug-likeness (QED) is 0.0869. The molecule has 2 saturated heterocycles. The molecular weight excluding hydrogens is 926 g/mol. The van der Waals surface area contributed by atoms with Crippen LogP contribution >= 0.6 is 11.8 Å².